The Bertz CT molecular complexity index is 521. The summed E-state index contributed by atoms with van der Waals surface area (Å²) in [6.45, 7) is 2.70. The van der Waals surface area contributed by atoms with E-state index in [0.29, 0.717) is 6.54 Å². The molecule has 0 bridgehead atoms. The van der Waals surface area contributed by atoms with Crippen LogP contribution in [0.25, 0.3) is 0 Å². The van der Waals surface area contributed by atoms with E-state index in [-0.39, 0.29) is 23.5 Å². The van der Waals surface area contributed by atoms with Crippen LogP contribution < -0.4 is 10.6 Å². The van der Waals surface area contributed by atoms with Gasteiger partial charge in [0.1, 0.15) is 5.56 Å². The Morgan fingerprint density at radius 2 is 2.09 bits per heavy atom. The molecular weight excluding hydrogens is 284 g/mol. The summed E-state index contributed by atoms with van der Waals surface area (Å²) in [6, 6.07) is -0.209. The highest BCUT2D eigenvalue weighted by atomic mass is 16.4. The first-order valence-electron chi connectivity index (χ1n) is 7.98. The summed E-state index contributed by atoms with van der Waals surface area (Å²) < 4.78 is 1.57. The third-order valence-corrected chi connectivity index (χ3v) is 3.91. The van der Waals surface area contributed by atoms with Crippen LogP contribution in [0.3, 0.4) is 0 Å². The van der Waals surface area contributed by atoms with Crippen molar-refractivity contribution in [3.05, 3.63) is 11.8 Å². The number of carboxylic acid groups (broad SMARTS) is 1. The summed E-state index contributed by atoms with van der Waals surface area (Å²) in [4.78, 5) is 23.3. The Kier molecular flexibility index (Phi) is 5.80. The summed E-state index contributed by atoms with van der Waals surface area (Å²) in [7, 11) is 0. The number of hydrogen-bond donors (Lipinski definition) is 3. The van der Waals surface area contributed by atoms with E-state index in [0.717, 1.165) is 38.5 Å². The van der Waals surface area contributed by atoms with E-state index in [4.69, 9.17) is 0 Å². The minimum Gasteiger partial charge on any atom is -0.477 e. The summed E-state index contributed by atoms with van der Waals surface area (Å²) in [6.07, 6.45) is 8.78. The Morgan fingerprint density at radius 1 is 1.36 bits per heavy atom. The lowest BCUT2D eigenvalue weighted by Gasteiger charge is -2.22. The normalized spacial score (nSPS) is 15.5. The zero-order valence-corrected chi connectivity index (χ0v) is 13.0. The van der Waals surface area contributed by atoms with E-state index in [2.05, 4.69) is 22.7 Å². The van der Waals surface area contributed by atoms with Crippen LogP contribution in [0.15, 0.2) is 6.20 Å². The van der Waals surface area contributed by atoms with Crippen LogP contribution in [-0.2, 0) is 6.54 Å². The smallest absolute Gasteiger partial charge is 0.341 e. The second-order valence-electron chi connectivity index (χ2n) is 5.75. The molecule has 1 heterocycles. The number of hydrogen-bond acceptors (Lipinski definition) is 3. The fourth-order valence-electron chi connectivity index (χ4n) is 2.68. The highest BCUT2D eigenvalue weighted by Crippen LogP contribution is 2.18. The van der Waals surface area contributed by atoms with E-state index in [9.17, 15) is 14.7 Å². The number of urea groups is 1. The Balaban J connectivity index is 1.98. The maximum Gasteiger partial charge on any atom is 0.341 e. The number of nitrogens with zero attached hydrogens (tertiary/aromatic N) is 2. The van der Waals surface area contributed by atoms with E-state index in [1.165, 1.54) is 12.6 Å². The van der Waals surface area contributed by atoms with Crippen molar-refractivity contribution in [2.75, 3.05) is 5.32 Å². The van der Waals surface area contributed by atoms with Crippen LogP contribution in [0.4, 0.5) is 10.6 Å². The summed E-state index contributed by atoms with van der Waals surface area (Å²) in [5.74, 6) is -0.979. The van der Waals surface area contributed by atoms with Crippen molar-refractivity contribution in [3.63, 3.8) is 0 Å². The lowest BCUT2D eigenvalue weighted by molar-refractivity contribution is 0.0698. The van der Waals surface area contributed by atoms with Crippen LogP contribution in [0, 0.1) is 0 Å². The molecule has 2 amide bonds. The van der Waals surface area contributed by atoms with E-state index < -0.39 is 5.97 Å². The molecule has 7 heteroatoms. The molecule has 22 heavy (non-hydrogen) atoms. The highest BCUT2D eigenvalue weighted by molar-refractivity contribution is 5.98. The summed E-state index contributed by atoms with van der Waals surface area (Å²) in [5, 5.41) is 18.8. The molecule has 1 aliphatic rings. The zero-order valence-electron chi connectivity index (χ0n) is 13.0. The lowest BCUT2D eigenvalue weighted by Crippen LogP contribution is -2.39. The van der Waals surface area contributed by atoms with Gasteiger partial charge in [-0.15, -0.1) is 0 Å². The number of anilines is 1. The fraction of sp³-hybridized carbons (Fsp3) is 0.667. The summed E-state index contributed by atoms with van der Waals surface area (Å²) in [5.41, 5.74) is 0.0231. The standard InChI is InChI=1S/C15H24N4O3/c1-2-3-9-19-10-12(14(20)21)13(18-19)17-15(22)16-11-7-5-4-6-8-11/h10-11H,2-9H2,1H3,(H,20,21)(H2,16,17,18,22). The SMILES string of the molecule is CCCCn1cc(C(=O)O)c(NC(=O)NC2CCCCC2)n1. The van der Waals surface area contributed by atoms with Crippen LogP contribution in [0.1, 0.15) is 62.2 Å². The monoisotopic (exact) mass is 308 g/mol. The molecule has 2 rings (SSSR count). The van der Waals surface area contributed by atoms with Crippen LogP contribution >= 0.6 is 0 Å². The minimum absolute atomic E-state index is 0.0231. The number of unbranched alkanes of at least 4 members (excludes halogenated alkanes) is 1. The molecule has 7 nitrogen and oxygen atoms in total. The van der Waals surface area contributed by atoms with Gasteiger partial charge in [-0.3, -0.25) is 10.00 Å². The second-order valence-corrected chi connectivity index (χ2v) is 5.75. The summed E-state index contributed by atoms with van der Waals surface area (Å²) >= 11 is 0. The predicted octanol–water partition coefficient (Wildman–Crippen LogP) is 2.84. The molecule has 122 valence electrons. The fourth-order valence-corrected chi connectivity index (χ4v) is 2.68. The predicted molar refractivity (Wildman–Crippen MR) is 83.1 cm³/mol. The van der Waals surface area contributed by atoms with Crippen molar-refractivity contribution < 1.29 is 14.7 Å². The molecule has 1 saturated carbocycles. The number of rotatable bonds is 6. The molecule has 0 unspecified atom stereocenters. The molecule has 0 radical (unpaired) electrons. The van der Waals surface area contributed by atoms with E-state index in [1.807, 2.05) is 0 Å². The van der Waals surface area contributed by atoms with Crippen molar-refractivity contribution in [2.24, 2.45) is 0 Å². The molecule has 0 atom stereocenters. The Labute approximate surface area is 130 Å². The number of nitrogens with one attached hydrogen (secondary N) is 2. The van der Waals surface area contributed by atoms with E-state index in [1.54, 1.807) is 4.68 Å². The Hall–Kier alpha value is -2.05. The van der Waals surface area contributed by atoms with Crippen molar-refractivity contribution >= 4 is 17.8 Å². The molecule has 1 aromatic heterocycles. The maximum atomic E-state index is 12.0. The quantitative estimate of drug-likeness (QED) is 0.753. The van der Waals surface area contributed by atoms with Crippen LogP contribution in [0.5, 0.6) is 0 Å². The number of carbonyl (C=O) groups excluding carboxylic acids is 1. The molecular formula is C15H24N4O3. The van der Waals surface area contributed by atoms with Gasteiger partial charge in [-0.2, -0.15) is 5.10 Å². The van der Waals surface area contributed by atoms with Gasteiger partial charge in [0, 0.05) is 18.8 Å². The first-order chi connectivity index (χ1) is 10.6. The highest BCUT2D eigenvalue weighted by Gasteiger charge is 2.20. The van der Waals surface area contributed by atoms with Gasteiger partial charge in [0.25, 0.3) is 0 Å². The molecule has 0 aliphatic heterocycles. The zero-order chi connectivity index (χ0) is 15.9. The number of carboxylic acids is 1. The molecule has 0 aromatic carbocycles. The van der Waals surface area contributed by atoms with Crippen molar-refractivity contribution in [1.82, 2.24) is 15.1 Å². The van der Waals surface area contributed by atoms with Gasteiger partial charge in [-0.25, -0.2) is 9.59 Å². The van der Waals surface area contributed by atoms with Gasteiger partial charge in [0.15, 0.2) is 5.82 Å². The van der Waals surface area contributed by atoms with Gasteiger partial charge in [-0.1, -0.05) is 32.6 Å². The minimum atomic E-state index is -1.09. The van der Waals surface area contributed by atoms with Crippen molar-refractivity contribution in [1.29, 1.82) is 0 Å². The molecule has 1 fully saturated rings. The van der Waals surface area contributed by atoms with Gasteiger partial charge in [0.2, 0.25) is 0 Å². The first kappa shape index (κ1) is 16.3. The maximum absolute atomic E-state index is 12.0. The topological polar surface area (TPSA) is 96.3 Å². The molecule has 1 aromatic rings. The van der Waals surface area contributed by atoms with Gasteiger partial charge < -0.3 is 10.4 Å². The molecule has 1 aliphatic carbocycles. The molecule has 0 saturated heterocycles. The average Bonchev–Trinajstić information content (AvgIpc) is 2.89. The van der Waals surface area contributed by atoms with E-state index >= 15 is 0 Å². The third-order valence-electron chi connectivity index (χ3n) is 3.91. The number of carbonyl (C=O) groups is 2. The van der Waals surface area contributed by atoms with Crippen molar-refractivity contribution in [3.8, 4) is 0 Å². The van der Waals surface area contributed by atoms with Crippen molar-refractivity contribution in [2.45, 2.75) is 64.5 Å². The second kappa shape index (κ2) is 7.82. The van der Waals surface area contributed by atoms with Gasteiger partial charge >= 0.3 is 12.0 Å². The first-order valence-corrected chi connectivity index (χ1v) is 7.98. The molecule has 3 N–H and O–H groups in total. The number of amides is 2. The Morgan fingerprint density at radius 3 is 2.73 bits per heavy atom. The largest absolute Gasteiger partial charge is 0.477 e. The van der Waals surface area contributed by atoms with Crippen LogP contribution in [0.2, 0.25) is 0 Å². The number of aryl methyl sites for hydroxylation is 1. The third kappa shape index (κ3) is 4.47. The lowest BCUT2D eigenvalue weighted by atomic mass is 9.96. The van der Waals surface area contributed by atoms with Gasteiger partial charge in [0.05, 0.1) is 0 Å². The van der Waals surface area contributed by atoms with Crippen LogP contribution in [-0.4, -0.2) is 32.9 Å². The number of aromatic carboxylic acids is 1. The van der Waals surface area contributed by atoms with Gasteiger partial charge in [-0.05, 0) is 19.3 Å². The number of aromatic nitrogens is 2. The average molecular weight is 308 g/mol. The molecule has 0 spiro atoms.